The normalized spacial score (nSPS) is 17.7. The van der Waals surface area contributed by atoms with Gasteiger partial charge in [0.25, 0.3) is 5.91 Å². The Labute approximate surface area is 152 Å². The number of benzene rings is 2. The summed E-state index contributed by atoms with van der Waals surface area (Å²) >= 11 is -1.95. The first-order valence-corrected chi connectivity index (χ1v) is 9.06. The summed E-state index contributed by atoms with van der Waals surface area (Å²) in [4.78, 5) is 11.4. The van der Waals surface area contributed by atoms with Crippen LogP contribution < -0.4 is 13.8 Å². The lowest BCUT2D eigenvalue weighted by Gasteiger charge is -2.19. The van der Waals surface area contributed by atoms with E-state index in [1.165, 1.54) is 12.1 Å². The first-order valence-electron chi connectivity index (χ1n) is 7.95. The number of ether oxygens (including phenoxy) is 1. The Bertz CT molecular complexity index is 855. The van der Waals surface area contributed by atoms with E-state index in [4.69, 9.17) is 4.74 Å². The molecule has 1 heterocycles. The summed E-state index contributed by atoms with van der Waals surface area (Å²) in [5.41, 5.74) is -1.18. The third-order valence-electron chi connectivity index (χ3n) is 3.92. The Balaban J connectivity index is 1.94. The van der Waals surface area contributed by atoms with Gasteiger partial charge >= 0.3 is 0 Å². The first kappa shape index (κ1) is 18.6. The summed E-state index contributed by atoms with van der Waals surface area (Å²) < 4.78 is 35.6. The highest BCUT2D eigenvalue weighted by atomic mass is 32.2. The van der Waals surface area contributed by atoms with Gasteiger partial charge in [0, 0.05) is 11.8 Å². The van der Waals surface area contributed by atoms with Crippen molar-refractivity contribution in [3.8, 4) is 11.5 Å². The van der Waals surface area contributed by atoms with Gasteiger partial charge in [-0.2, -0.15) is 4.31 Å². The van der Waals surface area contributed by atoms with Gasteiger partial charge in [-0.05, 0) is 37.4 Å². The topological polar surface area (TPSA) is 105 Å². The molecule has 9 heteroatoms. The van der Waals surface area contributed by atoms with Gasteiger partial charge in [-0.1, -0.05) is 6.07 Å². The molecule has 1 fully saturated rings. The maximum absolute atomic E-state index is 15.0. The molecule has 3 N–H and O–H groups in total. The molecule has 1 aliphatic rings. The van der Waals surface area contributed by atoms with Crippen molar-refractivity contribution in [2.45, 2.75) is 25.9 Å². The van der Waals surface area contributed by atoms with Crippen molar-refractivity contribution in [3.63, 3.8) is 0 Å². The minimum Gasteiger partial charge on any atom is -0.568 e. The van der Waals surface area contributed by atoms with Gasteiger partial charge in [-0.15, -0.1) is 4.72 Å². The molecule has 26 heavy (non-hydrogen) atoms. The number of carbonyl (C=O) groups excluding carboxylic acids is 1. The van der Waals surface area contributed by atoms with Crippen LogP contribution >= 0.6 is 0 Å². The number of amides is 1. The van der Waals surface area contributed by atoms with E-state index in [1.807, 2.05) is 0 Å². The minimum absolute atomic E-state index is 0.162. The average molecular weight is 382 g/mol. The van der Waals surface area contributed by atoms with Crippen LogP contribution in [0.1, 0.15) is 20.3 Å². The van der Waals surface area contributed by atoms with E-state index in [0.29, 0.717) is 17.6 Å². The lowest BCUT2D eigenvalue weighted by molar-refractivity contribution is -0.117. The number of hydrogen-bond acceptors (Lipinski definition) is 6. The number of fused-ring (bicyclic) bond motifs is 1. The van der Waals surface area contributed by atoms with Crippen LogP contribution in [0.4, 0.5) is 10.1 Å². The molecule has 0 bridgehead atoms. The summed E-state index contributed by atoms with van der Waals surface area (Å²) in [7, 11) is 0. The first-order chi connectivity index (χ1) is 12.2. The number of halogens is 1. The molecule has 7 nitrogen and oxygen atoms in total. The van der Waals surface area contributed by atoms with Crippen molar-refractivity contribution in [2.75, 3.05) is 17.5 Å². The number of nitrogens with one attached hydrogen (secondary N) is 1. The predicted molar refractivity (Wildman–Crippen MR) is 95.6 cm³/mol. The molecule has 1 atom stereocenters. The van der Waals surface area contributed by atoms with Crippen molar-refractivity contribution in [2.24, 2.45) is 0 Å². The zero-order valence-corrected chi connectivity index (χ0v) is 15.1. The fourth-order valence-corrected chi connectivity index (χ4v) is 3.53. The van der Waals surface area contributed by atoms with Crippen molar-refractivity contribution < 1.29 is 28.7 Å². The molecule has 0 radical (unpaired) electrons. The standard InChI is InChI=1S/C17H19FN2O5S/c1-17(2,23)5-6-25-11-4-3-10-7-13(21)16(15(18)12(10)8-11)20-9-14(22)19-26(20)24/h3-4,7-8,21,23H,5-6,9H2,1-2H3,(H,19,22). The molecule has 2 aromatic rings. The zero-order chi connectivity index (χ0) is 19.1. The largest absolute Gasteiger partial charge is 0.568 e. The SMILES string of the molecule is CC(C)(O)CCOc1ccc2cc(O)c(N3CC(=O)N[S+]3[O-])c(F)c2c1. The molecular weight excluding hydrogens is 363 g/mol. The molecule has 0 aliphatic carbocycles. The number of phenols is 1. The van der Waals surface area contributed by atoms with E-state index in [1.54, 1.807) is 26.0 Å². The number of rotatable bonds is 5. The second-order valence-electron chi connectivity index (χ2n) is 6.66. The molecule has 1 saturated heterocycles. The van der Waals surface area contributed by atoms with E-state index in [9.17, 15) is 19.6 Å². The van der Waals surface area contributed by atoms with Gasteiger partial charge in [0.1, 0.15) is 11.5 Å². The lowest BCUT2D eigenvalue weighted by atomic mass is 10.1. The predicted octanol–water partition coefficient (Wildman–Crippen LogP) is 1.74. The van der Waals surface area contributed by atoms with Crippen LogP contribution in [0.25, 0.3) is 10.8 Å². The highest BCUT2D eigenvalue weighted by molar-refractivity contribution is 7.92. The quantitative estimate of drug-likeness (QED) is 0.681. The van der Waals surface area contributed by atoms with E-state index >= 15 is 4.39 Å². The van der Waals surface area contributed by atoms with Crippen LogP contribution in [0, 0.1) is 5.82 Å². The van der Waals surface area contributed by atoms with Crippen molar-refractivity contribution >= 4 is 33.9 Å². The minimum atomic E-state index is -1.95. The van der Waals surface area contributed by atoms with Crippen molar-refractivity contribution in [1.82, 2.24) is 4.72 Å². The summed E-state index contributed by atoms with van der Waals surface area (Å²) in [6, 6.07) is 6.02. The van der Waals surface area contributed by atoms with E-state index in [-0.39, 0.29) is 24.2 Å². The van der Waals surface area contributed by atoms with Crippen molar-refractivity contribution in [3.05, 3.63) is 30.1 Å². The molecule has 1 aliphatic heterocycles. The van der Waals surface area contributed by atoms with Crippen LogP contribution in [0.3, 0.4) is 0 Å². The second kappa shape index (κ2) is 6.82. The monoisotopic (exact) mass is 382 g/mol. The molecule has 1 amide bonds. The number of aromatic hydroxyl groups is 1. The van der Waals surface area contributed by atoms with Gasteiger partial charge in [-0.25, -0.2) is 4.39 Å². The van der Waals surface area contributed by atoms with E-state index in [0.717, 1.165) is 4.31 Å². The number of carbonyl (C=O) groups is 1. The maximum Gasteiger partial charge on any atom is 0.287 e. The van der Waals surface area contributed by atoms with Gasteiger partial charge in [0.15, 0.2) is 29.6 Å². The van der Waals surface area contributed by atoms with Gasteiger partial charge in [-0.3, -0.25) is 4.79 Å². The number of aliphatic hydroxyl groups is 1. The van der Waals surface area contributed by atoms with Gasteiger partial charge in [0.2, 0.25) is 0 Å². The summed E-state index contributed by atoms with van der Waals surface area (Å²) in [6.45, 7) is 3.26. The third kappa shape index (κ3) is 3.79. The molecule has 0 aromatic heterocycles. The Hall–Kier alpha value is -2.23. The summed E-state index contributed by atoms with van der Waals surface area (Å²) in [5, 5.41) is 20.4. The maximum atomic E-state index is 15.0. The fraction of sp³-hybridized carbons (Fsp3) is 0.353. The Morgan fingerprint density at radius 3 is 2.77 bits per heavy atom. The molecule has 3 rings (SSSR count). The third-order valence-corrected chi connectivity index (χ3v) is 5.04. The highest BCUT2D eigenvalue weighted by Crippen LogP contribution is 2.39. The number of hydrogen-bond donors (Lipinski definition) is 3. The van der Waals surface area contributed by atoms with E-state index < -0.39 is 34.6 Å². The van der Waals surface area contributed by atoms with Crippen LogP contribution in [0.15, 0.2) is 24.3 Å². The van der Waals surface area contributed by atoms with Gasteiger partial charge < -0.3 is 19.5 Å². The molecule has 2 aromatic carbocycles. The number of anilines is 1. The molecule has 140 valence electrons. The molecule has 0 saturated carbocycles. The zero-order valence-electron chi connectivity index (χ0n) is 14.3. The van der Waals surface area contributed by atoms with E-state index in [2.05, 4.69) is 4.72 Å². The average Bonchev–Trinajstić information content (AvgIpc) is 2.85. The van der Waals surface area contributed by atoms with Crippen LogP contribution in [0.2, 0.25) is 0 Å². The second-order valence-corrected chi connectivity index (χ2v) is 7.81. The van der Waals surface area contributed by atoms with Crippen molar-refractivity contribution in [1.29, 1.82) is 0 Å². The molecular formula is C17H19FN2O5S. The number of nitrogens with zero attached hydrogens (tertiary/aromatic N) is 1. The van der Waals surface area contributed by atoms with Crippen LogP contribution in [0.5, 0.6) is 11.5 Å². The molecule has 0 spiro atoms. The number of phenolic OH excluding ortho intramolecular Hbond substituents is 1. The summed E-state index contributed by atoms with van der Waals surface area (Å²) in [5.74, 6) is -1.33. The smallest absolute Gasteiger partial charge is 0.287 e. The lowest BCUT2D eigenvalue weighted by Crippen LogP contribution is -2.30. The van der Waals surface area contributed by atoms with Crippen LogP contribution in [-0.4, -0.2) is 39.4 Å². The Kier molecular flexibility index (Phi) is 4.87. The Morgan fingerprint density at radius 2 is 2.15 bits per heavy atom. The van der Waals surface area contributed by atoms with Crippen LogP contribution in [-0.2, 0) is 16.3 Å². The summed E-state index contributed by atoms with van der Waals surface area (Å²) in [6.07, 6.45) is 0.398. The fourth-order valence-electron chi connectivity index (χ4n) is 2.59. The highest BCUT2D eigenvalue weighted by Gasteiger charge is 2.38. The Morgan fingerprint density at radius 1 is 1.42 bits per heavy atom. The van der Waals surface area contributed by atoms with Gasteiger partial charge in [0.05, 0.1) is 12.2 Å². The molecule has 1 unspecified atom stereocenters.